The first-order chi connectivity index (χ1) is 12.1. The van der Waals surface area contributed by atoms with Crippen molar-refractivity contribution in [1.29, 1.82) is 0 Å². The normalized spacial score (nSPS) is 11.0. The molecule has 5 nitrogen and oxygen atoms in total. The average Bonchev–Trinajstić information content (AvgIpc) is 2.64. The van der Waals surface area contributed by atoms with E-state index in [0.717, 1.165) is 16.5 Å². The van der Waals surface area contributed by atoms with Crippen LogP contribution in [0, 0.1) is 0 Å². The summed E-state index contributed by atoms with van der Waals surface area (Å²) in [5, 5.41) is 15.9. The maximum Gasteiger partial charge on any atom is 0.271 e. The zero-order valence-corrected chi connectivity index (χ0v) is 14.1. The lowest BCUT2D eigenvalue weighted by molar-refractivity contribution is 0.0955. The summed E-state index contributed by atoms with van der Waals surface area (Å²) in [5.41, 5.74) is 4.55. The molecule has 0 atom stereocenters. The number of amides is 1. The molecular weight excluding hydrogens is 314 g/mol. The molecule has 1 amide bonds. The van der Waals surface area contributed by atoms with Gasteiger partial charge in [0.15, 0.2) is 0 Å². The predicted molar refractivity (Wildman–Crippen MR) is 101 cm³/mol. The molecule has 0 unspecified atom stereocenters. The zero-order valence-electron chi connectivity index (χ0n) is 14.1. The van der Waals surface area contributed by atoms with Gasteiger partial charge in [0.2, 0.25) is 0 Å². The molecule has 0 saturated carbocycles. The van der Waals surface area contributed by atoms with E-state index in [4.69, 9.17) is 0 Å². The molecule has 0 heterocycles. The minimum absolute atomic E-state index is 0.145. The Labute approximate surface area is 146 Å². The lowest BCUT2D eigenvalue weighted by Gasteiger charge is -2.12. The minimum Gasteiger partial charge on any atom is -0.507 e. The molecule has 0 radical (unpaired) electrons. The zero-order chi connectivity index (χ0) is 17.8. The molecular formula is C20H19N3O2. The summed E-state index contributed by atoms with van der Waals surface area (Å²) in [6, 6.07) is 18.4. The first-order valence-corrected chi connectivity index (χ1v) is 7.88. The van der Waals surface area contributed by atoms with E-state index < -0.39 is 0 Å². The van der Waals surface area contributed by atoms with Gasteiger partial charge in [0.25, 0.3) is 5.91 Å². The van der Waals surface area contributed by atoms with Crippen LogP contribution in [-0.4, -0.2) is 31.3 Å². The van der Waals surface area contributed by atoms with E-state index in [1.807, 2.05) is 61.5 Å². The van der Waals surface area contributed by atoms with E-state index in [-0.39, 0.29) is 11.7 Å². The number of phenolic OH excluding ortho intramolecular Hbond substituents is 1. The Balaban J connectivity index is 1.72. The van der Waals surface area contributed by atoms with Crippen molar-refractivity contribution in [3.63, 3.8) is 0 Å². The highest BCUT2D eigenvalue weighted by Gasteiger charge is 2.06. The Morgan fingerprint density at radius 1 is 1.04 bits per heavy atom. The molecule has 25 heavy (non-hydrogen) atoms. The number of carbonyl (C=O) groups excluding carboxylic acids is 1. The number of nitrogens with one attached hydrogen (secondary N) is 1. The van der Waals surface area contributed by atoms with E-state index in [2.05, 4.69) is 10.5 Å². The van der Waals surface area contributed by atoms with Crippen LogP contribution >= 0.6 is 0 Å². The first-order valence-electron chi connectivity index (χ1n) is 7.88. The van der Waals surface area contributed by atoms with E-state index in [0.29, 0.717) is 11.1 Å². The summed E-state index contributed by atoms with van der Waals surface area (Å²) in [4.78, 5) is 14.1. The quantitative estimate of drug-likeness (QED) is 0.568. The summed E-state index contributed by atoms with van der Waals surface area (Å²) < 4.78 is 0. The monoisotopic (exact) mass is 333 g/mol. The molecule has 0 bridgehead atoms. The first kappa shape index (κ1) is 16.5. The molecule has 0 aliphatic rings. The molecule has 126 valence electrons. The fourth-order valence-corrected chi connectivity index (χ4v) is 2.51. The second-order valence-corrected chi connectivity index (χ2v) is 5.86. The molecule has 3 aromatic rings. The highest BCUT2D eigenvalue weighted by Crippen LogP contribution is 2.27. The third-order valence-corrected chi connectivity index (χ3v) is 3.95. The number of carbonyl (C=O) groups is 1. The summed E-state index contributed by atoms with van der Waals surface area (Å²) in [5.74, 6) is -0.159. The topological polar surface area (TPSA) is 64.9 Å². The third-order valence-electron chi connectivity index (χ3n) is 3.95. The van der Waals surface area contributed by atoms with Gasteiger partial charge in [-0.3, -0.25) is 4.79 Å². The summed E-state index contributed by atoms with van der Waals surface area (Å²) >= 11 is 0. The van der Waals surface area contributed by atoms with Crippen molar-refractivity contribution >= 4 is 28.6 Å². The van der Waals surface area contributed by atoms with Crippen molar-refractivity contribution in [3.05, 3.63) is 71.8 Å². The predicted octanol–water partition coefficient (Wildman–Crippen LogP) is 3.38. The number of aromatic hydroxyl groups is 1. The number of rotatable bonds is 4. The third kappa shape index (κ3) is 3.61. The Kier molecular flexibility index (Phi) is 4.66. The number of hydrazone groups is 1. The van der Waals surface area contributed by atoms with Crippen molar-refractivity contribution in [1.82, 2.24) is 5.43 Å². The van der Waals surface area contributed by atoms with Crippen LogP contribution in [0.5, 0.6) is 5.75 Å². The van der Waals surface area contributed by atoms with Gasteiger partial charge in [0, 0.05) is 36.3 Å². The Morgan fingerprint density at radius 3 is 2.48 bits per heavy atom. The molecule has 3 aromatic carbocycles. The molecule has 5 heteroatoms. The lowest BCUT2D eigenvalue weighted by atomic mass is 10.1. The van der Waals surface area contributed by atoms with Crippen LogP contribution in [0.3, 0.4) is 0 Å². The van der Waals surface area contributed by atoms with Gasteiger partial charge in [-0.25, -0.2) is 5.43 Å². The van der Waals surface area contributed by atoms with Crippen molar-refractivity contribution in [2.24, 2.45) is 5.10 Å². The molecule has 0 spiro atoms. The second kappa shape index (κ2) is 7.05. The summed E-state index contributed by atoms with van der Waals surface area (Å²) in [6.07, 6.45) is 1.44. The average molecular weight is 333 g/mol. The molecule has 0 saturated heterocycles. The van der Waals surface area contributed by atoms with Gasteiger partial charge < -0.3 is 10.0 Å². The molecule has 0 aliphatic carbocycles. The molecule has 0 aliphatic heterocycles. The SMILES string of the molecule is CN(C)c1ccc(C(=O)NN=Cc2ccc3ccccc3c2O)cc1. The molecule has 0 aromatic heterocycles. The van der Waals surface area contributed by atoms with Crippen molar-refractivity contribution in [2.75, 3.05) is 19.0 Å². The van der Waals surface area contributed by atoms with Crippen LogP contribution in [0.1, 0.15) is 15.9 Å². The number of hydrogen-bond donors (Lipinski definition) is 2. The van der Waals surface area contributed by atoms with Gasteiger partial charge in [-0.1, -0.05) is 30.3 Å². The summed E-state index contributed by atoms with van der Waals surface area (Å²) in [6.45, 7) is 0. The van der Waals surface area contributed by atoms with Gasteiger partial charge in [-0.15, -0.1) is 0 Å². The van der Waals surface area contributed by atoms with Crippen molar-refractivity contribution in [3.8, 4) is 5.75 Å². The Morgan fingerprint density at radius 2 is 1.76 bits per heavy atom. The smallest absolute Gasteiger partial charge is 0.271 e. The second-order valence-electron chi connectivity index (χ2n) is 5.86. The van der Waals surface area contributed by atoms with Crippen LogP contribution in [0.2, 0.25) is 0 Å². The lowest BCUT2D eigenvalue weighted by Crippen LogP contribution is -2.18. The highest BCUT2D eigenvalue weighted by molar-refractivity contribution is 5.98. The van der Waals surface area contributed by atoms with Crippen LogP contribution in [0.25, 0.3) is 10.8 Å². The highest BCUT2D eigenvalue weighted by atomic mass is 16.3. The van der Waals surface area contributed by atoms with Gasteiger partial charge >= 0.3 is 0 Å². The summed E-state index contributed by atoms with van der Waals surface area (Å²) in [7, 11) is 3.88. The van der Waals surface area contributed by atoms with Crippen LogP contribution in [0.15, 0.2) is 65.8 Å². The number of hydrogen-bond acceptors (Lipinski definition) is 4. The van der Waals surface area contributed by atoms with Gasteiger partial charge in [-0.2, -0.15) is 5.10 Å². The number of fused-ring (bicyclic) bond motifs is 1. The van der Waals surface area contributed by atoms with E-state index in [1.165, 1.54) is 6.21 Å². The number of phenols is 1. The van der Waals surface area contributed by atoms with Crippen LogP contribution in [0.4, 0.5) is 5.69 Å². The minimum atomic E-state index is -0.304. The van der Waals surface area contributed by atoms with Crippen molar-refractivity contribution < 1.29 is 9.90 Å². The standard InChI is InChI=1S/C20H19N3O2/c1-23(2)17-11-9-15(10-12-17)20(25)22-21-13-16-8-7-14-5-3-4-6-18(14)19(16)24/h3-13,24H,1-2H3,(H,22,25). The number of anilines is 1. The largest absolute Gasteiger partial charge is 0.507 e. The fourth-order valence-electron chi connectivity index (χ4n) is 2.51. The van der Waals surface area contributed by atoms with Crippen molar-refractivity contribution in [2.45, 2.75) is 0 Å². The van der Waals surface area contributed by atoms with Gasteiger partial charge in [-0.05, 0) is 35.7 Å². The van der Waals surface area contributed by atoms with E-state index >= 15 is 0 Å². The fraction of sp³-hybridized carbons (Fsp3) is 0.100. The van der Waals surface area contributed by atoms with Gasteiger partial charge in [0.05, 0.1) is 6.21 Å². The maximum absolute atomic E-state index is 12.1. The van der Waals surface area contributed by atoms with E-state index in [1.54, 1.807) is 18.2 Å². The van der Waals surface area contributed by atoms with Crippen LogP contribution < -0.4 is 10.3 Å². The Hall–Kier alpha value is -3.34. The molecule has 3 rings (SSSR count). The van der Waals surface area contributed by atoms with E-state index in [9.17, 15) is 9.90 Å². The molecule has 0 fully saturated rings. The Bertz CT molecular complexity index is 931. The maximum atomic E-state index is 12.1. The molecule has 2 N–H and O–H groups in total. The van der Waals surface area contributed by atoms with Crippen LogP contribution in [-0.2, 0) is 0 Å². The number of benzene rings is 3. The number of nitrogens with zero attached hydrogens (tertiary/aromatic N) is 2. The van der Waals surface area contributed by atoms with Gasteiger partial charge in [0.1, 0.15) is 5.75 Å².